The van der Waals surface area contributed by atoms with Crippen LogP contribution in [-0.4, -0.2) is 72.1 Å². The first-order valence-electron chi connectivity index (χ1n) is 10.2. The summed E-state index contributed by atoms with van der Waals surface area (Å²) in [6.45, 7) is 2.51. The van der Waals surface area contributed by atoms with Gasteiger partial charge in [0, 0.05) is 19.6 Å². The Labute approximate surface area is 188 Å². The van der Waals surface area contributed by atoms with Crippen molar-refractivity contribution in [1.29, 1.82) is 0 Å². The molecule has 1 aliphatic rings. The molecule has 0 bridgehead atoms. The normalized spacial score (nSPS) is 15.5. The number of ether oxygens (including phenoxy) is 2. The second-order valence-corrected chi connectivity index (χ2v) is 8.54. The number of halogens is 3. The first kappa shape index (κ1) is 24.2. The lowest BCUT2D eigenvalue weighted by Gasteiger charge is -2.28. The zero-order chi connectivity index (χ0) is 23.1. The summed E-state index contributed by atoms with van der Waals surface area (Å²) in [7, 11) is 1.59. The van der Waals surface area contributed by atoms with E-state index in [-0.39, 0.29) is 17.0 Å². The zero-order valence-electron chi connectivity index (χ0n) is 17.9. The quantitative estimate of drug-likeness (QED) is 0.561. The molecule has 1 N–H and O–H groups in total. The van der Waals surface area contributed by atoms with Crippen molar-refractivity contribution in [2.45, 2.75) is 36.5 Å². The molecule has 0 spiro atoms. The molecule has 1 amide bonds. The van der Waals surface area contributed by atoms with E-state index in [0.29, 0.717) is 39.3 Å². The summed E-state index contributed by atoms with van der Waals surface area (Å²) < 4.78 is 51.0. The molecule has 1 atom stereocenters. The van der Waals surface area contributed by atoms with Gasteiger partial charge in [-0.25, -0.2) is 0 Å². The summed E-state index contributed by atoms with van der Waals surface area (Å²) in [5.74, 6) is 0.612. The van der Waals surface area contributed by atoms with Gasteiger partial charge in [0.05, 0.1) is 25.6 Å². The molecular weight excluding hydrogens is 447 g/mol. The molecule has 12 heteroatoms. The van der Waals surface area contributed by atoms with Gasteiger partial charge in [0.2, 0.25) is 11.9 Å². The number of rotatable bonds is 9. The van der Waals surface area contributed by atoms with E-state index in [0.717, 1.165) is 27.6 Å². The van der Waals surface area contributed by atoms with E-state index >= 15 is 0 Å². The van der Waals surface area contributed by atoms with Gasteiger partial charge >= 0.3 is 6.18 Å². The van der Waals surface area contributed by atoms with E-state index in [1.54, 1.807) is 18.9 Å². The minimum Gasteiger partial charge on any atom is -0.497 e. The molecule has 176 valence electrons. The summed E-state index contributed by atoms with van der Waals surface area (Å²) in [5, 5.41) is 10.2. The lowest BCUT2D eigenvalue weighted by atomic mass is 10.1. The SMILES string of the molecule is COc1ccc(CCNC(=O)C(C)Sc2nnc(N3CCOCC3)n2CC(F)(F)F)cc1. The predicted molar refractivity (Wildman–Crippen MR) is 114 cm³/mol. The number of morpholine rings is 1. The molecule has 32 heavy (non-hydrogen) atoms. The van der Waals surface area contributed by atoms with Crippen LogP contribution in [0.5, 0.6) is 5.75 Å². The topological polar surface area (TPSA) is 81.5 Å². The fourth-order valence-electron chi connectivity index (χ4n) is 3.16. The van der Waals surface area contributed by atoms with E-state index in [9.17, 15) is 18.0 Å². The summed E-state index contributed by atoms with van der Waals surface area (Å²) in [6, 6.07) is 7.51. The fourth-order valence-corrected chi connectivity index (χ4v) is 4.03. The van der Waals surface area contributed by atoms with E-state index in [2.05, 4.69) is 15.5 Å². The Morgan fingerprint density at radius 1 is 1.25 bits per heavy atom. The molecule has 1 saturated heterocycles. The van der Waals surface area contributed by atoms with Gasteiger partial charge in [0.1, 0.15) is 12.3 Å². The van der Waals surface area contributed by atoms with Crippen LogP contribution in [0.15, 0.2) is 29.4 Å². The van der Waals surface area contributed by atoms with Crippen molar-refractivity contribution in [3.63, 3.8) is 0 Å². The molecule has 0 saturated carbocycles. The molecule has 1 aliphatic heterocycles. The van der Waals surface area contributed by atoms with Gasteiger partial charge in [-0.05, 0) is 31.0 Å². The van der Waals surface area contributed by atoms with Crippen LogP contribution in [0.25, 0.3) is 0 Å². The zero-order valence-corrected chi connectivity index (χ0v) is 18.7. The molecule has 1 aromatic heterocycles. The standard InChI is InChI=1S/C20H26F3N5O3S/c1-14(17(29)24-8-7-15-3-5-16(30-2)6-4-15)32-19-26-25-18(27-9-11-31-12-10-27)28(19)13-20(21,22)23/h3-6,14H,7-13H2,1-2H3,(H,24,29). The molecule has 2 aromatic rings. The fraction of sp³-hybridized carbons (Fsp3) is 0.550. The van der Waals surface area contributed by atoms with Crippen LogP contribution in [0.2, 0.25) is 0 Å². The maximum absolute atomic E-state index is 13.2. The average Bonchev–Trinajstić information content (AvgIpc) is 3.15. The Morgan fingerprint density at radius 3 is 2.56 bits per heavy atom. The van der Waals surface area contributed by atoms with Crippen molar-refractivity contribution >= 4 is 23.6 Å². The van der Waals surface area contributed by atoms with Crippen LogP contribution >= 0.6 is 11.8 Å². The molecule has 0 radical (unpaired) electrons. The highest BCUT2D eigenvalue weighted by Crippen LogP contribution is 2.30. The Balaban J connectivity index is 1.60. The number of carbonyl (C=O) groups is 1. The van der Waals surface area contributed by atoms with Gasteiger partial charge in [0.25, 0.3) is 0 Å². The molecule has 1 aromatic carbocycles. The second kappa shape index (κ2) is 10.9. The van der Waals surface area contributed by atoms with Crippen molar-refractivity contribution in [3.05, 3.63) is 29.8 Å². The largest absolute Gasteiger partial charge is 0.497 e. The van der Waals surface area contributed by atoms with Crippen molar-refractivity contribution in [1.82, 2.24) is 20.1 Å². The summed E-state index contributed by atoms with van der Waals surface area (Å²) in [4.78, 5) is 14.2. The van der Waals surface area contributed by atoms with Gasteiger partial charge in [-0.15, -0.1) is 10.2 Å². The van der Waals surface area contributed by atoms with Gasteiger partial charge in [0.15, 0.2) is 5.16 Å². The molecule has 3 rings (SSSR count). The molecule has 1 unspecified atom stereocenters. The number of benzene rings is 1. The molecule has 1 fully saturated rings. The third kappa shape index (κ3) is 6.76. The number of nitrogens with one attached hydrogen (secondary N) is 1. The number of anilines is 1. The van der Waals surface area contributed by atoms with E-state index in [1.165, 1.54) is 0 Å². The Morgan fingerprint density at radius 2 is 1.94 bits per heavy atom. The van der Waals surface area contributed by atoms with E-state index in [4.69, 9.17) is 9.47 Å². The first-order valence-corrected chi connectivity index (χ1v) is 11.0. The molecular formula is C20H26F3N5O3S. The lowest BCUT2D eigenvalue weighted by Crippen LogP contribution is -2.38. The van der Waals surface area contributed by atoms with Crippen molar-refractivity contribution < 1.29 is 27.4 Å². The van der Waals surface area contributed by atoms with Gasteiger partial charge in [-0.1, -0.05) is 23.9 Å². The number of nitrogens with zero attached hydrogens (tertiary/aromatic N) is 4. The van der Waals surface area contributed by atoms with Crippen LogP contribution in [-0.2, 0) is 22.5 Å². The summed E-state index contributed by atoms with van der Waals surface area (Å²) >= 11 is 0.958. The van der Waals surface area contributed by atoms with Crippen LogP contribution in [0.4, 0.5) is 19.1 Å². The van der Waals surface area contributed by atoms with Crippen LogP contribution in [0.3, 0.4) is 0 Å². The number of thioether (sulfide) groups is 1. The van der Waals surface area contributed by atoms with Crippen LogP contribution in [0.1, 0.15) is 12.5 Å². The number of amides is 1. The molecule has 0 aliphatic carbocycles. The Bertz CT molecular complexity index is 886. The van der Waals surface area contributed by atoms with Gasteiger partial charge in [-0.3, -0.25) is 9.36 Å². The highest BCUT2D eigenvalue weighted by Gasteiger charge is 2.33. The summed E-state index contributed by atoms with van der Waals surface area (Å²) in [6.07, 6.45) is -3.82. The lowest BCUT2D eigenvalue weighted by molar-refractivity contribution is -0.141. The minimum atomic E-state index is -4.44. The average molecular weight is 474 g/mol. The third-order valence-corrected chi connectivity index (χ3v) is 5.93. The maximum Gasteiger partial charge on any atom is 0.406 e. The van der Waals surface area contributed by atoms with Crippen molar-refractivity contribution in [2.24, 2.45) is 0 Å². The number of hydrogen-bond acceptors (Lipinski definition) is 7. The van der Waals surface area contributed by atoms with Crippen LogP contribution in [0, 0.1) is 0 Å². The van der Waals surface area contributed by atoms with E-state index in [1.807, 2.05) is 24.3 Å². The van der Waals surface area contributed by atoms with Crippen molar-refractivity contribution in [2.75, 3.05) is 44.9 Å². The number of carbonyl (C=O) groups excluding carboxylic acids is 1. The highest BCUT2D eigenvalue weighted by molar-refractivity contribution is 8.00. The number of methoxy groups -OCH3 is 1. The minimum absolute atomic E-state index is 0.0571. The smallest absolute Gasteiger partial charge is 0.406 e. The predicted octanol–water partition coefficient (Wildman–Crippen LogP) is 2.53. The number of alkyl halides is 3. The first-order chi connectivity index (χ1) is 15.3. The number of hydrogen-bond donors (Lipinski definition) is 1. The van der Waals surface area contributed by atoms with Gasteiger partial charge in [-0.2, -0.15) is 13.2 Å². The van der Waals surface area contributed by atoms with Gasteiger partial charge < -0.3 is 19.7 Å². The molecule has 2 heterocycles. The van der Waals surface area contributed by atoms with E-state index < -0.39 is 18.0 Å². The third-order valence-electron chi connectivity index (χ3n) is 4.85. The molecule has 8 nitrogen and oxygen atoms in total. The Kier molecular flexibility index (Phi) is 8.24. The van der Waals surface area contributed by atoms with Crippen LogP contribution < -0.4 is 15.0 Å². The second-order valence-electron chi connectivity index (χ2n) is 7.23. The number of aromatic nitrogens is 3. The summed E-state index contributed by atoms with van der Waals surface area (Å²) in [5.41, 5.74) is 1.03. The monoisotopic (exact) mass is 473 g/mol. The maximum atomic E-state index is 13.2. The Hall–Kier alpha value is -2.47. The highest BCUT2D eigenvalue weighted by atomic mass is 32.2. The van der Waals surface area contributed by atoms with Crippen molar-refractivity contribution in [3.8, 4) is 5.75 Å².